The standard InChI is InChI=1S/C21H21N5O3/c1-14-24-25(13-15-5-4-6-18(9-15)28-2)21(27)26(14)19-8-7-16(10-20(19)29-3)17-11-22-23-12-17/h4-12H,13H2,1-3H3,(H,22,23). The van der Waals surface area contributed by atoms with E-state index in [4.69, 9.17) is 9.47 Å². The Morgan fingerprint density at radius 2 is 1.93 bits per heavy atom. The number of aromatic amines is 1. The van der Waals surface area contributed by atoms with Gasteiger partial charge in [0.25, 0.3) is 0 Å². The zero-order valence-corrected chi connectivity index (χ0v) is 16.4. The van der Waals surface area contributed by atoms with E-state index in [1.165, 1.54) is 4.68 Å². The van der Waals surface area contributed by atoms with Crippen molar-refractivity contribution in [2.75, 3.05) is 14.2 Å². The number of methoxy groups -OCH3 is 2. The first kappa shape index (κ1) is 18.5. The first-order valence-corrected chi connectivity index (χ1v) is 9.07. The third-order valence-corrected chi connectivity index (χ3v) is 4.72. The number of hydrogen-bond acceptors (Lipinski definition) is 5. The molecule has 0 atom stereocenters. The predicted molar refractivity (Wildman–Crippen MR) is 109 cm³/mol. The molecule has 0 saturated heterocycles. The van der Waals surface area contributed by atoms with Crippen molar-refractivity contribution in [1.82, 2.24) is 24.5 Å². The molecule has 29 heavy (non-hydrogen) atoms. The van der Waals surface area contributed by atoms with Gasteiger partial charge in [-0.1, -0.05) is 18.2 Å². The van der Waals surface area contributed by atoms with Gasteiger partial charge >= 0.3 is 5.69 Å². The molecule has 0 saturated carbocycles. The molecule has 2 aromatic carbocycles. The fraction of sp³-hybridized carbons (Fsp3) is 0.190. The molecule has 148 valence electrons. The Hall–Kier alpha value is -3.81. The van der Waals surface area contributed by atoms with Gasteiger partial charge in [-0.2, -0.15) is 10.2 Å². The summed E-state index contributed by atoms with van der Waals surface area (Å²) >= 11 is 0. The second-order valence-electron chi connectivity index (χ2n) is 6.55. The first-order chi connectivity index (χ1) is 14.1. The monoisotopic (exact) mass is 391 g/mol. The Kier molecular flexibility index (Phi) is 4.90. The molecule has 0 unspecified atom stereocenters. The van der Waals surface area contributed by atoms with Crippen molar-refractivity contribution < 1.29 is 9.47 Å². The van der Waals surface area contributed by atoms with Crippen LogP contribution in [0.1, 0.15) is 11.4 Å². The van der Waals surface area contributed by atoms with Crippen LogP contribution >= 0.6 is 0 Å². The summed E-state index contributed by atoms with van der Waals surface area (Å²) in [5, 5.41) is 11.2. The van der Waals surface area contributed by atoms with E-state index in [-0.39, 0.29) is 5.69 Å². The van der Waals surface area contributed by atoms with Gasteiger partial charge in [-0.15, -0.1) is 0 Å². The number of benzene rings is 2. The van der Waals surface area contributed by atoms with E-state index in [0.29, 0.717) is 23.8 Å². The SMILES string of the molecule is COc1cccc(Cn2nc(C)n(-c3ccc(-c4cn[nH]c4)cc3OC)c2=O)c1. The number of ether oxygens (including phenoxy) is 2. The van der Waals surface area contributed by atoms with Crippen LogP contribution in [-0.4, -0.2) is 38.8 Å². The Morgan fingerprint density at radius 1 is 1.07 bits per heavy atom. The highest BCUT2D eigenvalue weighted by atomic mass is 16.5. The van der Waals surface area contributed by atoms with E-state index < -0.39 is 0 Å². The Balaban J connectivity index is 1.73. The van der Waals surface area contributed by atoms with Crippen molar-refractivity contribution in [1.29, 1.82) is 0 Å². The molecule has 0 fully saturated rings. The maximum atomic E-state index is 13.1. The van der Waals surface area contributed by atoms with Gasteiger partial charge in [0.1, 0.15) is 17.3 Å². The van der Waals surface area contributed by atoms with E-state index in [0.717, 1.165) is 22.4 Å². The topological polar surface area (TPSA) is 87.0 Å². The van der Waals surface area contributed by atoms with Crippen molar-refractivity contribution >= 4 is 0 Å². The number of rotatable bonds is 6. The molecule has 4 aromatic rings. The summed E-state index contributed by atoms with van der Waals surface area (Å²) < 4.78 is 13.8. The summed E-state index contributed by atoms with van der Waals surface area (Å²) in [6.45, 7) is 2.15. The smallest absolute Gasteiger partial charge is 0.351 e. The number of aryl methyl sites for hydroxylation is 1. The Morgan fingerprint density at radius 3 is 2.66 bits per heavy atom. The lowest BCUT2D eigenvalue weighted by atomic mass is 10.1. The van der Waals surface area contributed by atoms with Gasteiger partial charge in [0.05, 0.1) is 32.6 Å². The second-order valence-corrected chi connectivity index (χ2v) is 6.55. The third kappa shape index (κ3) is 3.52. The number of H-pyrrole nitrogens is 1. The predicted octanol–water partition coefficient (Wildman–Crippen LogP) is 2.80. The molecule has 8 heteroatoms. The van der Waals surface area contributed by atoms with Crippen LogP contribution in [0.25, 0.3) is 16.8 Å². The van der Waals surface area contributed by atoms with Gasteiger partial charge in [0.15, 0.2) is 0 Å². The number of hydrogen-bond donors (Lipinski definition) is 1. The van der Waals surface area contributed by atoms with E-state index in [1.54, 1.807) is 38.1 Å². The summed E-state index contributed by atoms with van der Waals surface area (Å²) in [6.07, 6.45) is 3.54. The molecule has 0 aliphatic rings. The molecule has 0 radical (unpaired) electrons. The lowest BCUT2D eigenvalue weighted by molar-refractivity contribution is 0.412. The minimum absolute atomic E-state index is 0.236. The van der Waals surface area contributed by atoms with Gasteiger partial charge in [-0.3, -0.25) is 5.10 Å². The maximum absolute atomic E-state index is 13.1. The van der Waals surface area contributed by atoms with Crippen LogP contribution < -0.4 is 15.2 Å². The van der Waals surface area contributed by atoms with Crippen LogP contribution in [0, 0.1) is 6.92 Å². The zero-order valence-electron chi connectivity index (χ0n) is 16.4. The third-order valence-electron chi connectivity index (χ3n) is 4.72. The molecule has 8 nitrogen and oxygen atoms in total. The van der Waals surface area contributed by atoms with Crippen molar-refractivity contribution in [3.05, 3.63) is 76.7 Å². The fourth-order valence-corrected chi connectivity index (χ4v) is 3.29. The van der Waals surface area contributed by atoms with Crippen molar-refractivity contribution in [3.63, 3.8) is 0 Å². The van der Waals surface area contributed by atoms with Crippen LogP contribution in [0.2, 0.25) is 0 Å². The highest BCUT2D eigenvalue weighted by Crippen LogP contribution is 2.29. The molecule has 1 N–H and O–H groups in total. The molecule has 0 aliphatic carbocycles. The van der Waals surface area contributed by atoms with Gasteiger partial charge in [0.2, 0.25) is 0 Å². The summed E-state index contributed by atoms with van der Waals surface area (Å²) in [6, 6.07) is 13.2. The largest absolute Gasteiger partial charge is 0.497 e. The van der Waals surface area contributed by atoms with Gasteiger partial charge in [-0.25, -0.2) is 14.0 Å². The summed E-state index contributed by atoms with van der Waals surface area (Å²) in [5.41, 5.74) is 3.21. The van der Waals surface area contributed by atoms with Crippen LogP contribution in [0.15, 0.2) is 59.7 Å². The summed E-state index contributed by atoms with van der Waals surface area (Å²) in [7, 11) is 3.20. The van der Waals surface area contributed by atoms with Crippen LogP contribution in [0.3, 0.4) is 0 Å². The highest BCUT2D eigenvalue weighted by Gasteiger charge is 2.17. The van der Waals surface area contributed by atoms with E-state index >= 15 is 0 Å². The van der Waals surface area contributed by atoms with Crippen LogP contribution in [0.4, 0.5) is 0 Å². The zero-order chi connectivity index (χ0) is 20.4. The minimum atomic E-state index is -0.236. The minimum Gasteiger partial charge on any atom is -0.497 e. The summed E-state index contributed by atoms with van der Waals surface area (Å²) in [5.74, 6) is 1.89. The van der Waals surface area contributed by atoms with E-state index in [2.05, 4.69) is 15.3 Å². The molecule has 0 aliphatic heterocycles. The first-order valence-electron chi connectivity index (χ1n) is 9.07. The van der Waals surface area contributed by atoms with Gasteiger partial charge < -0.3 is 9.47 Å². The van der Waals surface area contributed by atoms with Crippen molar-refractivity contribution in [2.45, 2.75) is 13.5 Å². The molecular weight excluding hydrogens is 370 g/mol. The Bertz CT molecular complexity index is 1190. The average Bonchev–Trinajstić information content (AvgIpc) is 3.37. The van der Waals surface area contributed by atoms with Crippen LogP contribution in [-0.2, 0) is 6.54 Å². The lowest BCUT2D eigenvalue weighted by Crippen LogP contribution is -2.25. The normalized spacial score (nSPS) is 10.9. The Labute approximate surface area is 167 Å². The molecule has 0 spiro atoms. The molecule has 0 amide bonds. The van der Waals surface area contributed by atoms with Gasteiger partial charge in [-0.05, 0) is 42.3 Å². The van der Waals surface area contributed by atoms with Crippen LogP contribution in [0.5, 0.6) is 11.5 Å². The number of nitrogens with one attached hydrogen (secondary N) is 1. The highest BCUT2D eigenvalue weighted by molar-refractivity contribution is 5.67. The fourth-order valence-electron chi connectivity index (χ4n) is 3.29. The number of nitrogens with zero attached hydrogens (tertiary/aromatic N) is 4. The van der Waals surface area contributed by atoms with Crippen molar-refractivity contribution in [2.24, 2.45) is 0 Å². The molecule has 2 heterocycles. The molecule has 0 bridgehead atoms. The van der Waals surface area contributed by atoms with E-state index in [9.17, 15) is 4.79 Å². The second kappa shape index (κ2) is 7.67. The molecule has 4 rings (SSSR count). The summed E-state index contributed by atoms with van der Waals surface area (Å²) in [4.78, 5) is 13.1. The molecule has 2 aromatic heterocycles. The quantitative estimate of drug-likeness (QED) is 0.546. The van der Waals surface area contributed by atoms with Crippen molar-refractivity contribution in [3.8, 4) is 28.3 Å². The molecular formula is C21H21N5O3. The lowest BCUT2D eigenvalue weighted by Gasteiger charge is -2.11. The maximum Gasteiger partial charge on any atom is 0.351 e. The number of aromatic nitrogens is 5. The van der Waals surface area contributed by atoms with E-state index in [1.807, 2.05) is 42.5 Å². The van der Waals surface area contributed by atoms with Gasteiger partial charge in [0, 0.05) is 11.8 Å². The average molecular weight is 391 g/mol.